The molecular formula is C16H17BrN2O4. The fourth-order valence-corrected chi connectivity index (χ4v) is 2.09. The van der Waals surface area contributed by atoms with Crippen molar-refractivity contribution < 1.29 is 18.7 Å². The number of hydrogen-bond donors (Lipinski definition) is 2. The van der Waals surface area contributed by atoms with Crippen LogP contribution in [0.25, 0.3) is 0 Å². The molecule has 2 rings (SSSR count). The van der Waals surface area contributed by atoms with E-state index in [-0.39, 0.29) is 12.3 Å². The molecule has 0 saturated heterocycles. The Morgan fingerprint density at radius 2 is 1.91 bits per heavy atom. The van der Waals surface area contributed by atoms with Crippen LogP contribution in [-0.4, -0.2) is 18.4 Å². The van der Waals surface area contributed by atoms with Gasteiger partial charge in [-0.1, -0.05) is 15.9 Å². The number of carbonyl (C=O) groups is 2. The first-order chi connectivity index (χ1) is 11.1. The second kappa shape index (κ2) is 8.38. The number of nitrogens with one attached hydrogen (secondary N) is 2. The van der Waals surface area contributed by atoms with Gasteiger partial charge in [-0.3, -0.25) is 20.4 Å². The quantitative estimate of drug-likeness (QED) is 0.596. The highest BCUT2D eigenvalue weighted by molar-refractivity contribution is 9.10. The van der Waals surface area contributed by atoms with E-state index < -0.39 is 5.91 Å². The molecule has 122 valence electrons. The molecule has 0 spiro atoms. The minimum absolute atomic E-state index is 0.251. The molecule has 23 heavy (non-hydrogen) atoms. The number of ether oxygens (including phenoxy) is 1. The fraction of sp³-hybridized carbons (Fsp3) is 0.250. The van der Waals surface area contributed by atoms with Gasteiger partial charge in [0.15, 0.2) is 0 Å². The maximum Gasteiger partial charge on any atom is 0.273 e. The number of hydrogen-bond acceptors (Lipinski definition) is 4. The maximum absolute atomic E-state index is 11.8. The lowest BCUT2D eigenvalue weighted by atomic mass is 10.2. The maximum atomic E-state index is 11.8. The Labute approximate surface area is 142 Å². The summed E-state index contributed by atoms with van der Waals surface area (Å²) in [6.45, 7) is 2.10. The lowest BCUT2D eigenvalue weighted by molar-refractivity contribution is -0.122. The third-order valence-corrected chi connectivity index (χ3v) is 3.58. The average molecular weight is 381 g/mol. The van der Waals surface area contributed by atoms with Gasteiger partial charge in [0.2, 0.25) is 5.91 Å². The molecule has 1 heterocycles. The van der Waals surface area contributed by atoms with Crippen LogP contribution >= 0.6 is 15.9 Å². The monoisotopic (exact) mass is 380 g/mol. The van der Waals surface area contributed by atoms with Gasteiger partial charge in [-0.25, -0.2) is 0 Å². The summed E-state index contributed by atoms with van der Waals surface area (Å²) >= 11 is 3.35. The largest absolute Gasteiger partial charge is 0.494 e. The van der Waals surface area contributed by atoms with Crippen molar-refractivity contribution in [2.45, 2.75) is 19.8 Å². The number of carbonyl (C=O) groups excluding carboxylic acids is 2. The van der Waals surface area contributed by atoms with Gasteiger partial charge in [0, 0.05) is 10.9 Å². The molecule has 0 aliphatic rings. The molecule has 0 unspecified atom stereocenters. The zero-order chi connectivity index (χ0) is 16.7. The molecule has 1 aromatic carbocycles. The topological polar surface area (TPSA) is 80.6 Å². The molecule has 6 nitrogen and oxygen atoms in total. The van der Waals surface area contributed by atoms with E-state index in [1.807, 2.05) is 24.3 Å². The Morgan fingerprint density at radius 1 is 1.17 bits per heavy atom. The molecule has 2 amide bonds. The predicted octanol–water partition coefficient (Wildman–Crippen LogP) is 2.97. The first-order valence-electron chi connectivity index (χ1n) is 7.08. The van der Waals surface area contributed by atoms with E-state index in [2.05, 4.69) is 26.8 Å². The highest BCUT2D eigenvalue weighted by Gasteiger charge is 2.11. The third kappa shape index (κ3) is 5.45. The van der Waals surface area contributed by atoms with Crippen molar-refractivity contribution >= 4 is 27.7 Å². The molecule has 0 radical (unpaired) electrons. The number of aryl methyl sites for hydroxylation is 1. The minimum Gasteiger partial charge on any atom is -0.494 e. The Balaban J connectivity index is 1.62. The van der Waals surface area contributed by atoms with Crippen LogP contribution in [0.5, 0.6) is 5.75 Å². The Bertz CT molecular complexity index is 667. The van der Waals surface area contributed by atoms with E-state index in [0.717, 1.165) is 10.2 Å². The van der Waals surface area contributed by atoms with Crippen LogP contribution in [0, 0.1) is 6.92 Å². The van der Waals surface area contributed by atoms with E-state index in [4.69, 9.17) is 9.15 Å². The number of hydrazine groups is 1. The molecule has 0 fully saturated rings. The number of benzene rings is 1. The molecule has 0 aliphatic carbocycles. The molecule has 0 saturated carbocycles. The molecule has 7 heteroatoms. The highest BCUT2D eigenvalue weighted by atomic mass is 79.9. The van der Waals surface area contributed by atoms with Gasteiger partial charge < -0.3 is 9.15 Å². The summed E-state index contributed by atoms with van der Waals surface area (Å²) in [5.41, 5.74) is 5.10. The minimum atomic E-state index is -0.407. The average Bonchev–Trinajstić information content (AvgIpc) is 2.97. The van der Waals surface area contributed by atoms with Crippen LogP contribution in [0.15, 0.2) is 45.5 Å². The summed E-state index contributed by atoms with van der Waals surface area (Å²) < 4.78 is 11.5. The summed E-state index contributed by atoms with van der Waals surface area (Å²) in [5.74, 6) is 0.562. The van der Waals surface area contributed by atoms with Crippen LogP contribution in [-0.2, 0) is 4.79 Å². The number of amides is 2. The molecule has 0 aliphatic heterocycles. The van der Waals surface area contributed by atoms with Crippen molar-refractivity contribution in [2.24, 2.45) is 0 Å². The molecule has 1 aromatic heterocycles. The van der Waals surface area contributed by atoms with Crippen LogP contribution in [0.1, 0.15) is 29.0 Å². The molecule has 2 aromatic rings. The number of furan rings is 1. The van der Waals surface area contributed by atoms with E-state index in [1.165, 1.54) is 6.26 Å². The van der Waals surface area contributed by atoms with Crippen LogP contribution < -0.4 is 15.6 Å². The fourth-order valence-electron chi connectivity index (χ4n) is 1.83. The smallest absolute Gasteiger partial charge is 0.273 e. The first-order valence-corrected chi connectivity index (χ1v) is 7.87. The summed E-state index contributed by atoms with van der Waals surface area (Å²) in [7, 11) is 0. The molecular weight excluding hydrogens is 364 g/mol. The predicted molar refractivity (Wildman–Crippen MR) is 87.9 cm³/mol. The van der Waals surface area contributed by atoms with Crippen molar-refractivity contribution in [3.05, 3.63) is 52.4 Å². The standard InChI is InChI=1S/C16H17BrN2O4/c1-11-14(8-10-22-11)16(21)19-18-15(20)3-2-9-23-13-6-4-12(17)5-7-13/h4-8,10H,2-3,9H2,1H3,(H,18,20)(H,19,21). The number of halogens is 1. The van der Waals surface area contributed by atoms with Crippen molar-refractivity contribution in [1.29, 1.82) is 0 Å². The van der Waals surface area contributed by atoms with Crippen LogP contribution in [0.4, 0.5) is 0 Å². The van der Waals surface area contributed by atoms with E-state index in [1.54, 1.807) is 13.0 Å². The van der Waals surface area contributed by atoms with Crippen LogP contribution in [0.2, 0.25) is 0 Å². The molecule has 0 bridgehead atoms. The van der Waals surface area contributed by atoms with Crippen molar-refractivity contribution in [3.63, 3.8) is 0 Å². The Morgan fingerprint density at radius 3 is 2.57 bits per heavy atom. The first kappa shape index (κ1) is 17.1. The van der Waals surface area contributed by atoms with Gasteiger partial charge in [0.05, 0.1) is 18.4 Å². The zero-order valence-corrected chi connectivity index (χ0v) is 14.2. The van der Waals surface area contributed by atoms with E-state index in [0.29, 0.717) is 24.4 Å². The highest BCUT2D eigenvalue weighted by Crippen LogP contribution is 2.16. The summed E-state index contributed by atoms with van der Waals surface area (Å²) in [4.78, 5) is 23.4. The van der Waals surface area contributed by atoms with Crippen LogP contribution in [0.3, 0.4) is 0 Å². The second-order valence-corrected chi connectivity index (χ2v) is 5.71. The SMILES string of the molecule is Cc1occc1C(=O)NNC(=O)CCCOc1ccc(Br)cc1. The van der Waals surface area contributed by atoms with Gasteiger partial charge in [-0.15, -0.1) is 0 Å². The van der Waals surface area contributed by atoms with Crippen molar-refractivity contribution in [3.8, 4) is 5.75 Å². The van der Waals surface area contributed by atoms with Gasteiger partial charge in [0.25, 0.3) is 5.91 Å². The van der Waals surface area contributed by atoms with Gasteiger partial charge in [-0.05, 0) is 43.7 Å². The van der Waals surface area contributed by atoms with Gasteiger partial charge in [-0.2, -0.15) is 0 Å². The van der Waals surface area contributed by atoms with Gasteiger partial charge in [0.1, 0.15) is 11.5 Å². The summed E-state index contributed by atoms with van der Waals surface area (Å²) in [5, 5.41) is 0. The lowest BCUT2D eigenvalue weighted by Crippen LogP contribution is -2.41. The zero-order valence-electron chi connectivity index (χ0n) is 12.6. The van der Waals surface area contributed by atoms with Crippen molar-refractivity contribution in [1.82, 2.24) is 10.9 Å². The molecule has 2 N–H and O–H groups in total. The van der Waals surface area contributed by atoms with E-state index >= 15 is 0 Å². The molecule has 0 atom stereocenters. The van der Waals surface area contributed by atoms with E-state index in [9.17, 15) is 9.59 Å². The van der Waals surface area contributed by atoms with Gasteiger partial charge >= 0.3 is 0 Å². The Hall–Kier alpha value is -2.28. The Kier molecular flexibility index (Phi) is 6.22. The normalized spacial score (nSPS) is 10.2. The lowest BCUT2D eigenvalue weighted by Gasteiger charge is -2.08. The summed E-state index contributed by atoms with van der Waals surface area (Å²) in [6.07, 6.45) is 2.22. The van der Waals surface area contributed by atoms with Crippen molar-refractivity contribution in [2.75, 3.05) is 6.61 Å². The third-order valence-electron chi connectivity index (χ3n) is 3.05. The summed E-state index contributed by atoms with van der Waals surface area (Å²) in [6, 6.07) is 9.00. The number of rotatable bonds is 6. The second-order valence-electron chi connectivity index (χ2n) is 4.80.